The molecule has 0 saturated heterocycles. The Kier molecular flexibility index (Phi) is 4.17. The number of hydrogen-bond acceptors (Lipinski definition) is 2. The first-order valence-electron chi connectivity index (χ1n) is 6.27. The SMILES string of the molecule is CCc1cccc(Oc2ccc(C)cc2C(N)=S)c1. The fraction of sp³-hybridized carbons (Fsp3) is 0.188. The summed E-state index contributed by atoms with van der Waals surface area (Å²) in [5, 5.41) is 0. The Balaban J connectivity index is 2.34. The average Bonchev–Trinajstić information content (AvgIpc) is 2.41. The number of thiocarbonyl (C=S) groups is 1. The second-order valence-electron chi connectivity index (χ2n) is 4.47. The zero-order valence-electron chi connectivity index (χ0n) is 11.1. The summed E-state index contributed by atoms with van der Waals surface area (Å²) in [6, 6.07) is 13.9. The molecule has 0 unspecified atom stereocenters. The molecular weight excluding hydrogens is 254 g/mol. The largest absolute Gasteiger partial charge is 0.457 e. The molecule has 0 radical (unpaired) electrons. The monoisotopic (exact) mass is 271 g/mol. The molecule has 19 heavy (non-hydrogen) atoms. The van der Waals surface area contributed by atoms with Gasteiger partial charge in [0.2, 0.25) is 0 Å². The number of benzene rings is 2. The maximum Gasteiger partial charge on any atom is 0.137 e. The summed E-state index contributed by atoms with van der Waals surface area (Å²) in [7, 11) is 0. The van der Waals surface area contributed by atoms with Crippen LogP contribution in [0.4, 0.5) is 0 Å². The maximum atomic E-state index is 5.90. The van der Waals surface area contributed by atoms with Crippen LogP contribution in [-0.2, 0) is 6.42 Å². The molecule has 0 spiro atoms. The van der Waals surface area contributed by atoms with Gasteiger partial charge in [0.1, 0.15) is 16.5 Å². The van der Waals surface area contributed by atoms with Gasteiger partial charge in [-0.25, -0.2) is 0 Å². The predicted molar refractivity (Wildman–Crippen MR) is 83.0 cm³/mol. The van der Waals surface area contributed by atoms with Crippen LogP contribution in [0, 0.1) is 6.92 Å². The quantitative estimate of drug-likeness (QED) is 0.854. The minimum absolute atomic E-state index is 0.352. The first-order valence-corrected chi connectivity index (χ1v) is 6.68. The van der Waals surface area contributed by atoms with E-state index in [1.807, 2.05) is 43.3 Å². The van der Waals surface area contributed by atoms with E-state index in [9.17, 15) is 0 Å². The van der Waals surface area contributed by atoms with Crippen molar-refractivity contribution in [2.24, 2.45) is 5.73 Å². The van der Waals surface area contributed by atoms with Gasteiger partial charge in [0, 0.05) is 0 Å². The third-order valence-electron chi connectivity index (χ3n) is 2.94. The van der Waals surface area contributed by atoms with Crippen LogP contribution in [0.1, 0.15) is 23.6 Å². The first-order chi connectivity index (χ1) is 9.10. The molecule has 2 N–H and O–H groups in total. The summed E-state index contributed by atoms with van der Waals surface area (Å²) in [5.41, 5.74) is 8.87. The number of aryl methyl sites for hydroxylation is 2. The van der Waals surface area contributed by atoms with Gasteiger partial charge >= 0.3 is 0 Å². The van der Waals surface area contributed by atoms with Crippen molar-refractivity contribution in [2.45, 2.75) is 20.3 Å². The van der Waals surface area contributed by atoms with Crippen molar-refractivity contribution < 1.29 is 4.74 Å². The van der Waals surface area contributed by atoms with Crippen LogP contribution < -0.4 is 10.5 Å². The fourth-order valence-electron chi connectivity index (χ4n) is 1.88. The van der Waals surface area contributed by atoms with Gasteiger partial charge in [0.15, 0.2) is 0 Å². The number of nitrogens with two attached hydrogens (primary N) is 1. The highest BCUT2D eigenvalue weighted by atomic mass is 32.1. The molecule has 2 rings (SSSR count). The van der Waals surface area contributed by atoms with Crippen molar-refractivity contribution >= 4 is 17.2 Å². The minimum Gasteiger partial charge on any atom is -0.457 e. The molecule has 0 aromatic heterocycles. The zero-order valence-corrected chi connectivity index (χ0v) is 12.0. The second-order valence-corrected chi connectivity index (χ2v) is 4.91. The van der Waals surface area contributed by atoms with E-state index in [1.165, 1.54) is 5.56 Å². The lowest BCUT2D eigenvalue weighted by Gasteiger charge is -2.11. The second kappa shape index (κ2) is 5.85. The summed E-state index contributed by atoms with van der Waals surface area (Å²) in [6.45, 7) is 4.12. The first kappa shape index (κ1) is 13.6. The van der Waals surface area contributed by atoms with Crippen molar-refractivity contribution in [3.05, 3.63) is 59.2 Å². The van der Waals surface area contributed by atoms with Gasteiger partial charge in [-0.3, -0.25) is 0 Å². The van der Waals surface area contributed by atoms with E-state index in [-0.39, 0.29) is 0 Å². The number of rotatable bonds is 4. The van der Waals surface area contributed by atoms with Gasteiger partial charge in [0.05, 0.1) is 5.56 Å². The molecule has 2 nitrogen and oxygen atoms in total. The molecule has 2 aromatic rings. The van der Waals surface area contributed by atoms with E-state index in [4.69, 9.17) is 22.7 Å². The van der Waals surface area contributed by atoms with E-state index >= 15 is 0 Å². The van der Waals surface area contributed by atoms with Crippen LogP contribution in [-0.4, -0.2) is 4.99 Å². The van der Waals surface area contributed by atoms with E-state index in [0.717, 1.165) is 23.3 Å². The molecular formula is C16H17NOS. The summed E-state index contributed by atoms with van der Waals surface area (Å²) < 4.78 is 5.90. The highest BCUT2D eigenvalue weighted by Crippen LogP contribution is 2.27. The Morgan fingerprint density at radius 1 is 1.21 bits per heavy atom. The molecule has 0 fully saturated rings. The molecule has 0 aliphatic heterocycles. The molecule has 0 aliphatic carbocycles. The van der Waals surface area contributed by atoms with Crippen LogP contribution >= 0.6 is 12.2 Å². The third kappa shape index (κ3) is 3.32. The van der Waals surface area contributed by atoms with Gasteiger partial charge in [-0.15, -0.1) is 0 Å². The van der Waals surface area contributed by atoms with Gasteiger partial charge in [-0.2, -0.15) is 0 Å². The van der Waals surface area contributed by atoms with Crippen LogP contribution in [0.2, 0.25) is 0 Å². The van der Waals surface area contributed by atoms with Crippen LogP contribution in [0.15, 0.2) is 42.5 Å². The lowest BCUT2D eigenvalue weighted by molar-refractivity contribution is 0.481. The molecule has 98 valence electrons. The Morgan fingerprint density at radius 2 is 2.00 bits per heavy atom. The van der Waals surface area contributed by atoms with Gasteiger partial charge in [-0.1, -0.05) is 42.9 Å². The van der Waals surface area contributed by atoms with Crippen molar-refractivity contribution in [1.29, 1.82) is 0 Å². The zero-order chi connectivity index (χ0) is 13.8. The number of ether oxygens (including phenoxy) is 1. The maximum absolute atomic E-state index is 5.90. The van der Waals surface area contributed by atoms with E-state index < -0.39 is 0 Å². The van der Waals surface area contributed by atoms with Crippen LogP contribution in [0.3, 0.4) is 0 Å². The van der Waals surface area contributed by atoms with Crippen molar-refractivity contribution in [1.82, 2.24) is 0 Å². The normalized spacial score (nSPS) is 10.2. The average molecular weight is 271 g/mol. The summed E-state index contributed by atoms with van der Waals surface area (Å²) in [4.78, 5) is 0.352. The minimum atomic E-state index is 0.352. The van der Waals surface area contributed by atoms with E-state index in [1.54, 1.807) is 0 Å². The molecule has 0 saturated carbocycles. The smallest absolute Gasteiger partial charge is 0.137 e. The lowest BCUT2D eigenvalue weighted by atomic mass is 10.1. The van der Waals surface area contributed by atoms with Gasteiger partial charge in [0.25, 0.3) is 0 Å². The summed E-state index contributed by atoms with van der Waals surface area (Å²) in [5.74, 6) is 1.51. The fourth-order valence-corrected chi connectivity index (χ4v) is 2.04. The molecule has 0 heterocycles. The van der Waals surface area contributed by atoms with Gasteiger partial charge in [-0.05, 0) is 43.2 Å². The molecule has 0 aliphatic rings. The molecule has 2 aromatic carbocycles. The van der Waals surface area contributed by atoms with E-state index in [2.05, 4.69) is 13.0 Å². The highest BCUT2D eigenvalue weighted by molar-refractivity contribution is 7.80. The molecule has 0 amide bonds. The van der Waals surface area contributed by atoms with E-state index in [0.29, 0.717) is 10.7 Å². The summed E-state index contributed by atoms with van der Waals surface area (Å²) in [6.07, 6.45) is 0.979. The predicted octanol–water partition coefficient (Wildman–Crippen LogP) is 3.98. The van der Waals surface area contributed by atoms with Gasteiger partial charge < -0.3 is 10.5 Å². The Bertz CT molecular complexity index is 607. The standard InChI is InChI=1S/C16H17NOS/c1-3-12-5-4-6-13(10-12)18-15-8-7-11(2)9-14(15)16(17)19/h4-10H,3H2,1-2H3,(H2,17,19). The van der Waals surface area contributed by atoms with Crippen LogP contribution in [0.5, 0.6) is 11.5 Å². The topological polar surface area (TPSA) is 35.2 Å². The van der Waals surface area contributed by atoms with Crippen LogP contribution in [0.25, 0.3) is 0 Å². The number of hydrogen-bond donors (Lipinski definition) is 1. The summed E-state index contributed by atoms with van der Waals surface area (Å²) >= 11 is 5.07. The highest BCUT2D eigenvalue weighted by Gasteiger charge is 2.08. The van der Waals surface area contributed by atoms with Crippen molar-refractivity contribution in [3.63, 3.8) is 0 Å². The Morgan fingerprint density at radius 3 is 2.68 bits per heavy atom. The Hall–Kier alpha value is -1.87. The molecule has 3 heteroatoms. The molecule has 0 atom stereocenters. The third-order valence-corrected chi connectivity index (χ3v) is 3.15. The Labute approximate surface area is 119 Å². The lowest BCUT2D eigenvalue weighted by Crippen LogP contribution is -2.11. The molecule has 0 bridgehead atoms. The van der Waals surface area contributed by atoms with Crippen molar-refractivity contribution in [2.75, 3.05) is 0 Å². The van der Waals surface area contributed by atoms with Crippen molar-refractivity contribution in [3.8, 4) is 11.5 Å².